The van der Waals surface area contributed by atoms with E-state index in [1.54, 1.807) is 5.57 Å². The number of ether oxygens (including phenoxy) is 1. The molecular weight excluding hydrogens is 784 g/mol. The summed E-state index contributed by atoms with van der Waals surface area (Å²) < 4.78 is 10.9. The second kappa shape index (κ2) is 14.5. The maximum atomic E-state index is 6.59. The smallest absolute Gasteiger partial charge is 0.509 e. The molecule has 6 heteroatoms. The van der Waals surface area contributed by atoms with Crippen LogP contribution in [0.1, 0.15) is 87.4 Å². The summed E-state index contributed by atoms with van der Waals surface area (Å²) in [7, 11) is 0. The molecule has 5 nitrogen and oxygen atoms in total. The Morgan fingerprint density at radius 3 is 2.41 bits per heavy atom. The molecule has 1 aliphatic carbocycles. The zero-order valence-electron chi connectivity index (χ0n) is 29.7. The van der Waals surface area contributed by atoms with Crippen molar-refractivity contribution < 1.29 is 25.8 Å². The van der Waals surface area contributed by atoms with Crippen LogP contribution in [0.2, 0.25) is 0 Å². The number of pyridine rings is 1. The zero-order valence-corrected chi connectivity index (χ0v) is 32.0. The summed E-state index contributed by atoms with van der Waals surface area (Å²) in [6.07, 6.45) is 10.0. The predicted molar refractivity (Wildman–Crippen MR) is 197 cm³/mol. The minimum Gasteiger partial charge on any atom is -0.509 e. The number of rotatable bonds is 9. The second-order valence-electron chi connectivity index (χ2n) is 13.5. The number of benzene rings is 3. The van der Waals surface area contributed by atoms with Gasteiger partial charge in [-0.25, -0.2) is 4.98 Å². The molecule has 0 saturated heterocycles. The van der Waals surface area contributed by atoms with Crippen molar-refractivity contribution in [3.8, 4) is 23.0 Å². The van der Waals surface area contributed by atoms with Gasteiger partial charge in [0.05, 0.1) is 5.69 Å². The van der Waals surface area contributed by atoms with Gasteiger partial charge in [0.25, 0.3) is 0 Å². The molecule has 3 aromatic carbocycles. The molecule has 49 heavy (non-hydrogen) atoms. The molecule has 0 radical (unpaired) electrons. The van der Waals surface area contributed by atoms with E-state index in [1.807, 2.05) is 18.3 Å². The third kappa shape index (κ3) is 6.43. The van der Waals surface area contributed by atoms with Crippen LogP contribution in [0.3, 0.4) is 0 Å². The summed E-state index contributed by atoms with van der Waals surface area (Å²) in [6.45, 7) is 15.7. The Bertz CT molecular complexity index is 2150. The number of hydrogen-bond acceptors (Lipinski definition) is 3. The molecule has 3 atom stereocenters. The number of allylic oxidation sites excluding steroid dienone is 2. The summed E-state index contributed by atoms with van der Waals surface area (Å²) in [5, 5.41) is 7.43. The molecule has 1 unspecified atom stereocenters. The van der Waals surface area contributed by atoms with Crippen molar-refractivity contribution in [3.05, 3.63) is 119 Å². The predicted octanol–water partition coefficient (Wildman–Crippen LogP) is 11.1. The molecule has 0 amide bonds. The van der Waals surface area contributed by atoms with Crippen molar-refractivity contribution in [1.82, 2.24) is 19.3 Å². The molecule has 0 spiro atoms. The van der Waals surface area contributed by atoms with Gasteiger partial charge in [0, 0.05) is 40.4 Å². The molecule has 0 fully saturated rings. The van der Waals surface area contributed by atoms with Gasteiger partial charge in [0.2, 0.25) is 0 Å². The van der Waals surface area contributed by atoms with Crippen molar-refractivity contribution in [2.45, 2.75) is 86.5 Å². The number of nitrogens with zero attached hydrogens (tertiary/aromatic N) is 4. The van der Waals surface area contributed by atoms with E-state index in [1.165, 1.54) is 36.1 Å². The molecule has 0 aliphatic heterocycles. The van der Waals surface area contributed by atoms with Crippen LogP contribution in [0.15, 0.2) is 78.5 Å². The summed E-state index contributed by atoms with van der Waals surface area (Å²) >= 11 is 0. The van der Waals surface area contributed by atoms with Crippen molar-refractivity contribution in [2.24, 2.45) is 11.8 Å². The third-order valence-electron chi connectivity index (χ3n) is 10.5. The standard InChI is InChI=1S/C43H46N4O.Pt/c1-8-30-21-32(10-3)43(33(11-4)22-30)42-28(6)45-47(29(42)7)34-23-31(9-2)24-36(25-34)48-35-16-17-38-37-14-12-13-15-39(37)46(40(38)26-35)41-20-27(5)18-19-44-41;/h12-21,23-24,30,33,43H,8-11,22H2,1-7H3;/q-2;+2/t30-,33-,43?;/m0./s1. The Morgan fingerprint density at radius 2 is 1.67 bits per heavy atom. The first-order valence-electron chi connectivity index (χ1n) is 17.7. The van der Waals surface area contributed by atoms with Crippen molar-refractivity contribution in [1.29, 1.82) is 0 Å². The molecule has 0 N–H and O–H groups in total. The first-order valence-corrected chi connectivity index (χ1v) is 17.7. The summed E-state index contributed by atoms with van der Waals surface area (Å²) in [4.78, 5) is 4.73. The molecule has 0 bridgehead atoms. The maximum Gasteiger partial charge on any atom is 2.00 e. The van der Waals surface area contributed by atoms with E-state index in [4.69, 9.17) is 14.8 Å². The van der Waals surface area contributed by atoms with Crippen LogP contribution in [0.25, 0.3) is 33.3 Å². The van der Waals surface area contributed by atoms with E-state index < -0.39 is 0 Å². The molecule has 3 aromatic heterocycles. The van der Waals surface area contributed by atoms with E-state index in [0.29, 0.717) is 29.3 Å². The Morgan fingerprint density at radius 1 is 0.857 bits per heavy atom. The molecule has 6 aromatic rings. The second-order valence-corrected chi connectivity index (χ2v) is 13.5. The Balaban J connectivity index is 0.00000417. The first-order chi connectivity index (χ1) is 23.3. The Hall–Kier alpha value is -3.95. The summed E-state index contributed by atoms with van der Waals surface area (Å²) in [5.41, 5.74) is 10.5. The van der Waals surface area contributed by atoms with Gasteiger partial charge in [-0.05, 0) is 86.7 Å². The monoisotopic (exact) mass is 829 g/mol. The van der Waals surface area contributed by atoms with Crippen LogP contribution in [0, 0.1) is 44.7 Å². The third-order valence-corrected chi connectivity index (χ3v) is 10.5. The van der Waals surface area contributed by atoms with Crippen LogP contribution in [-0.4, -0.2) is 19.3 Å². The van der Waals surface area contributed by atoms with Gasteiger partial charge in [-0.2, -0.15) is 16.7 Å². The van der Waals surface area contributed by atoms with Crippen LogP contribution in [-0.2, 0) is 27.5 Å². The van der Waals surface area contributed by atoms with Crippen LogP contribution >= 0.6 is 0 Å². The largest absolute Gasteiger partial charge is 2.00 e. The zero-order chi connectivity index (χ0) is 33.5. The van der Waals surface area contributed by atoms with Crippen molar-refractivity contribution in [3.63, 3.8) is 0 Å². The SMILES string of the molecule is CCC1=C[C@H](CC)C[C@H](CC)C1c1c(C)nn(-c2[c-]c(Oc3[c-]c4c(cc3)c3ccccc3n4-c3cc(C)ccn3)cc(CC)c2)c1C.[Pt+2]. The van der Waals surface area contributed by atoms with Gasteiger partial charge in [0.15, 0.2) is 0 Å². The van der Waals surface area contributed by atoms with Crippen LogP contribution in [0.4, 0.5) is 0 Å². The van der Waals surface area contributed by atoms with Gasteiger partial charge < -0.3 is 9.30 Å². The fraction of sp³-hybridized carbons (Fsp3) is 0.349. The Labute approximate surface area is 305 Å². The summed E-state index contributed by atoms with van der Waals surface area (Å²) in [5.74, 6) is 3.89. The van der Waals surface area contributed by atoms with Crippen molar-refractivity contribution in [2.75, 3.05) is 0 Å². The van der Waals surface area contributed by atoms with E-state index in [2.05, 4.69) is 124 Å². The van der Waals surface area contributed by atoms with Gasteiger partial charge in [0.1, 0.15) is 5.82 Å². The topological polar surface area (TPSA) is 44.9 Å². The minimum absolute atomic E-state index is 0. The number of para-hydroxylation sites is 1. The summed E-state index contributed by atoms with van der Waals surface area (Å²) in [6, 6.07) is 28.2. The Kier molecular flexibility index (Phi) is 10.3. The van der Waals surface area contributed by atoms with Crippen LogP contribution < -0.4 is 4.74 Å². The van der Waals surface area contributed by atoms with Gasteiger partial charge in [-0.3, -0.25) is 4.68 Å². The number of aryl methyl sites for hydroxylation is 3. The fourth-order valence-electron chi connectivity index (χ4n) is 7.98. The number of aromatic nitrogens is 4. The molecule has 254 valence electrons. The van der Waals surface area contributed by atoms with Crippen LogP contribution in [0.5, 0.6) is 11.5 Å². The average Bonchev–Trinajstić information content (AvgIpc) is 3.59. The number of fused-ring (bicyclic) bond motifs is 3. The number of hydrogen-bond donors (Lipinski definition) is 0. The normalized spacial score (nSPS) is 17.7. The van der Waals surface area contributed by atoms with E-state index in [-0.39, 0.29) is 21.1 Å². The first kappa shape index (κ1) is 34.9. The van der Waals surface area contributed by atoms with E-state index >= 15 is 0 Å². The molecule has 0 saturated carbocycles. The van der Waals surface area contributed by atoms with Gasteiger partial charge in [-0.1, -0.05) is 75.9 Å². The van der Waals surface area contributed by atoms with Gasteiger partial charge >= 0.3 is 21.1 Å². The van der Waals surface area contributed by atoms with E-state index in [9.17, 15) is 0 Å². The van der Waals surface area contributed by atoms with Crippen molar-refractivity contribution >= 4 is 21.8 Å². The fourth-order valence-corrected chi connectivity index (χ4v) is 7.98. The van der Waals surface area contributed by atoms with E-state index in [0.717, 1.165) is 57.4 Å². The molecule has 1 aliphatic rings. The molecular formula is C43H46N4OPt. The quantitative estimate of drug-likeness (QED) is 0.108. The minimum atomic E-state index is 0. The molecule has 7 rings (SSSR count). The molecule has 3 heterocycles. The maximum absolute atomic E-state index is 6.59. The average molecular weight is 830 g/mol. The van der Waals surface area contributed by atoms with Gasteiger partial charge in [-0.15, -0.1) is 35.7 Å².